The first-order chi connectivity index (χ1) is 10.4. The first-order valence-corrected chi connectivity index (χ1v) is 9.09. The molecule has 2 heteroatoms. The number of aliphatic hydroxyl groups is 2. The van der Waals surface area contributed by atoms with E-state index >= 15 is 0 Å². The minimum Gasteiger partial charge on any atom is -0.389 e. The average molecular weight is 304 g/mol. The number of allylic oxidation sites excluding steroid dienone is 2. The summed E-state index contributed by atoms with van der Waals surface area (Å²) in [6, 6.07) is 0. The van der Waals surface area contributed by atoms with Crippen molar-refractivity contribution in [1.29, 1.82) is 0 Å². The Morgan fingerprint density at radius 3 is 2.59 bits per heavy atom. The Balaban J connectivity index is 2.05. The summed E-state index contributed by atoms with van der Waals surface area (Å²) >= 11 is 0. The Labute approximate surface area is 135 Å². The van der Waals surface area contributed by atoms with Crippen molar-refractivity contribution >= 4 is 0 Å². The van der Waals surface area contributed by atoms with Gasteiger partial charge in [0.1, 0.15) is 6.10 Å². The summed E-state index contributed by atoms with van der Waals surface area (Å²) in [5.41, 5.74) is 3.69. The van der Waals surface area contributed by atoms with E-state index in [-0.39, 0.29) is 5.41 Å². The van der Waals surface area contributed by atoms with Crippen molar-refractivity contribution in [3.63, 3.8) is 0 Å². The molecule has 0 aromatic heterocycles. The summed E-state index contributed by atoms with van der Waals surface area (Å²) in [4.78, 5) is 0. The van der Waals surface area contributed by atoms with Crippen LogP contribution in [0.25, 0.3) is 0 Å². The topological polar surface area (TPSA) is 40.5 Å². The van der Waals surface area contributed by atoms with E-state index in [1.165, 1.54) is 24.0 Å². The molecule has 0 heterocycles. The van der Waals surface area contributed by atoms with Crippen LogP contribution in [0.2, 0.25) is 0 Å². The molecule has 0 aromatic rings. The summed E-state index contributed by atoms with van der Waals surface area (Å²) in [5.74, 6) is 1.56. The first kappa shape index (κ1) is 16.3. The smallest absolute Gasteiger partial charge is 0.102 e. The fraction of sp³-hybridized carbons (Fsp3) is 0.800. The lowest BCUT2D eigenvalue weighted by Crippen LogP contribution is -2.50. The van der Waals surface area contributed by atoms with Crippen LogP contribution in [-0.4, -0.2) is 22.4 Å². The zero-order valence-corrected chi connectivity index (χ0v) is 14.4. The van der Waals surface area contributed by atoms with Crippen LogP contribution in [0.1, 0.15) is 65.7 Å². The quantitative estimate of drug-likeness (QED) is 0.658. The van der Waals surface area contributed by atoms with E-state index in [1.54, 1.807) is 0 Å². The van der Waals surface area contributed by atoms with Gasteiger partial charge in [-0.15, -0.1) is 0 Å². The second kappa shape index (κ2) is 5.79. The summed E-state index contributed by atoms with van der Waals surface area (Å²) in [5, 5.41) is 21.6. The van der Waals surface area contributed by atoms with E-state index in [4.69, 9.17) is 0 Å². The number of rotatable bonds is 0. The molecular weight excluding hydrogens is 272 g/mol. The first-order valence-electron chi connectivity index (χ1n) is 9.09. The lowest BCUT2D eigenvalue weighted by molar-refractivity contribution is -0.0700. The highest BCUT2D eigenvalue weighted by Crippen LogP contribution is 2.59. The van der Waals surface area contributed by atoms with Gasteiger partial charge in [-0.25, -0.2) is 0 Å². The summed E-state index contributed by atoms with van der Waals surface area (Å²) in [6.45, 7) is 11.1. The normalized spacial score (nSPS) is 46.6. The van der Waals surface area contributed by atoms with Crippen molar-refractivity contribution in [1.82, 2.24) is 0 Å². The highest BCUT2D eigenvalue weighted by molar-refractivity contribution is 5.33. The van der Waals surface area contributed by atoms with Crippen LogP contribution in [0.4, 0.5) is 0 Å². The van der Waals surface area contributed by atoms with Gasteiger partial charge in [-0.05, 0) is 68.8 Å². The van der Waals surface area contributed by atoms with Crippen molar-refractivity contribution < 1.29 is 10.2 Å². The lowest BCUT2D eigenvalue weighted by atomic mass is 9.61. The molecule has 1 unspecified atom stereocenters. The van der Waals surface area contributed by atoms with Gasteiger partial charge in [-0.3, -0.25) is 0 Å². The minimum absolute atomic E-state index is 0.180. The van der Waals surface area contributed by atoms with Crippen LogP contribution in [0.15, 0.2) is 23.3 Å². The van der Waals surface area contributed by atoms with Crippen LogP contribution in [0.3, 0.4) is 0 Å². The van der Waals surface area contributed by atoms with Gasteiger partial charge >= 0.3 is 0 Å². The van der Waals surface area contributed by atoms with Gasteiger partial charge in [0.25, 0.3) is 0 Å². The molecule has 0 aromatic carbocycles. The highest BCUT2D eigenvalue weighted by atomic mass is 16.3. The standard InChI is InChI=1S/C20H32O2/c1-12-6-5-7-13(2)15-10-11-20(4)17(15)14(3)16(9-8-12)18(21)19(20)22/h12,15,17-19,21-22H,2,5-11H2,1,3-4H3/t12?,15-,17+,18-,19-,20-/m0/s1. The van der Waals surface area contributed by atoms with Crippen LogP contribution < -0.4 is 0 Å². The molecule has 2 nitrogen and oxygen atoms in total. The van der Waals surface area contributed by atoms with Crippen molar-refractivity contribution in [3.05, 3.63) is 23.3 Å². The Kier molecular flexibility index (Phi) is 4.28. The molecule has 1 fully saturated rings. The van der Waals surface area contributed by atoms with Gasteiger partial charge in [0.15, 0.2) is 0 Å². The molecule has 0 saturated heterocycles. The summed E-state index contributed by atoms with van der Waals surface area (Å²) in [6.07, 6.45) is 6.51. The predicted molar refractivity (Wildman–Crippen MR) is 90.4 cm³/mol. The van der Waals surface area contributed by atoms with E-state index in [9.17, 15) is 10.2 Å². The van der Waals surface area contributed by atoms with Gasteiger partial charge < -0.3 is 10.2 Å². The van der Waals surface area contributed by atoms with Gasteiger partial charge in [-0.1, -0.05) is 38.0 Å². The molecule has 6 atom stereocenters. The molecule has 2 N–H and O–H groups in total. The molecule has 0 aliphatic heterocycles. The Morgan fingerprint density at radius 1 is 1.14 bits per heavy atom. The summed E-state index contributed by atoms with van der Waals surface area (Å²) in [7, 11) is 0. The van der Waals surface area contributed by atoms with Crippen LogP contribution in [-0.2, 0) is 0 Å². The van der Waals surface area contributed by atoms with Crippen molar-refractivity contribution in [2.75, 3.05) is 0 Å². The van der Waals surface area contributed by atoms with Crippen LogP contribution in [0, 0.1) is 23.2 Å². The van der Waals surface area contributed by atoms with Crippen LogP contribution in [0.5, 0.6) is 0 Å². The molecule has 0 spiro atoms. The van der Waals surface area contributed by atoms with Crippen LogP contribution >= 0.6 is 0 Å². The van der Waals surface area contributed by atoms with Crippen molar-refractivity contribution in [2.24, 2.45) is 23.2 Å². The Bertz CT molecular complexity index is 492. The highest BCUT2D eigenvalue weighted by Gasteiger charge is 2.56. The molecule has 1 saturated carbocycles. The SMILES string of the molecule is C=C1CCCC(C)CCC2=C(C)[C@@H]3[C@H]1CC[C@]3(C)[C@@H](O)[C@H]2O. The predicted octanol–water partition coefficient (Wildman–Crippen LogP) is 4.23. The zero-order valence-electron chi connectivity index (χ0n) is 14.4. The molecule has 3 aliphatic carbocycles. The van der Waals surface area contributed by atoms with E-state index in [0.29, 0.717) is 17.8 Å². The molecule has 22 heavy (non-hydrogen) atoms. The van der Waals surface area contributed by atoms with Gasteiger partial charge in [-0.2, -0.15) is 0 Å². The second-order valence-corrected chi connectivity index (χ2v) is 8.42. The number of aliphatic hydroxyl groups excluding tert-OH is 2. The Hall–Kier alpha value is -0.600. The summed E-state index contributed by atoms with van der Waals surface area (Å²) < 4.78 is 0. The van der Waals surface area contributed by atoms with E-state index in [0.717, 1.165) is 37.7 Å². The maximum Gasteiger partial charge on any atom is 0.102 e. The minimum atomic E-state index is -0.666. The molecule has 0 radical (unpaired) electrons. The lowest BCUT2D eigenvalue weighted by Gasteiger charge is -2.47. The average Bonchev–Trinajstić information content (AvgIpc) is 2.83. The molecule has 0 amide bonds. The van der Waals surface area contributed by atoms with Crippen molar-refractivity contribution in [3.8, 4) is 0 Å². The second-order valence-electron chi connectivity index (χ2n) is 8.42. The largest absolute Gasteiger partial charge is 0.389 e. The molecule has 124 valence electrons. The zero-order chi connectivity index (χ0) is 16.1. The van der Waals surface area contributed by atoms with E-state index in [1.807, 2.05) is 0 Å². The Morgan fingerprint density at radius 2 is 1.86 bits per heavy atom. The maximum absolute atomic E-state index is 10.8. The molecule has 3 aliphatic rings. The molecule has 3 rings (SSSR count). The van der Waals surface area contributed by atoms with E-state index in [2.05, 4.69) is 27.4 Å². The third-order valence-electron chi connectivity index (χ3n) is 7.04. The number of hydrogen-bond acceptors (Lipinski definition) is 2. The third-order valence-corrected chi connectivity index (χ3v) is 7.04. The van der Waals surface area contributed by atoms with Crippen molar-refractivity contribution in [2.45, 2.75) is 77.9 Å². The van der Waals surface area contributed by atoms with E-state index < -0.39 is 12.2 Å². The van der Waals surface area contributed by atoms with Gasteiger partial charge in [0.2, 0.25) is 0 Å². The molecular formula is C20H32O2. The molecule has 2 bridgehead atoms. The van der Waals surface area contributed by atoms with Gasteiger partial charge in [0.05, 0.1) is 6.10 Å². The van der Waals surface area contributed by atoms with Gasteiger partial charge in [0, 0.05) is 5.41 Å². The maximum atomic E-state index is 10.8. The number of hydrogen-bond donors (Lipinski definition) is 2. The third kappa shape index (κ3) is 2.39. The fourth-order valence-corrected chi connectivity index (χ4v) is 5.55. The monoisotopic (exact) mass is 304 g/mol. The fourth-order valence-electron chi connectivity index (χ4n) is 5.55.